The normalized spacial score (nSPS) is 14.5. The van der Waals surface area contributed by atoms with Crippen molar-refractivity contribution in [3.63, 3.8) is 0 Å². The first kappa shape index (κ1) is 11.4. The van der Waals surface area contributed by atoms with Crippen LogP contribution in [0.15, 0.2) is 0 Å². The van der Waals surface area contributed by atoms with Gasteiger partial charge in [-0.1, -0.05) is 6.92 Å². The van der Waals surface area contributed by atoms with Crippen LogP contribution in [0, 0.1) is 0 Å². The Bertz CT molecular complexity index is 87.0. The molecule has 1 N–H and O–H groups in total. The minimum atomic E-state index is -0.847. The van der Waals surface area contributed by atoms with Gasteiger partial charge in [0.2, 0.25) is 0 Å². The SMILES string of the molecule is CC[SiH2]OCCN[S+]([O-])CC. The van der Waals surface area contributed by atoms with Crippen molar-refractivity contribution in [1.29, 1.82) is 0 Å². The lowest BCUT2D eigenvalue weighted by Gasteiger charge is -2.08. The number of hydrogen-bond acceptors (Lipinski definition) is 3. The van der Waals surface area contributed by atoms with Crippen molar-refractivity contribution in [3.8, 4) is 0 Å². The van der Waals surface area contributed by atoms with Gasteiger partial charge in [-0.2, -0.15) is 0 Å². The van der Waals surface area contributed by atoms with E-state index in [1.54, 1.807) is 0 Å². The lowest BCUT2D eigenvalue weighted by atomic mass is 10.8. The van der Waals surface area contributed by atoms with E-state index in [1.165, 1.54) is 6.04 Å². The average Bonchev–Trinajstić information content (AvgIpc) is 2.04. The Morgan fingerprint density at radius 3 is 2.82 bits per heavy atom. The minimum Gasteiger partial charge on any atom is -0.598 e. The summed E-state index contributed by atoms with van der Waals surface area (Å²) in [5.41, 5.74) is 0. The first-order valence-electron chi connectivity index (χ1n) is 4.00. The van der Waals surface area contributed by atoms with Crippen LogP contribution in [0.2, 0.25) is 6.04 Å². The second-order valence-electron chi connectivity index (χ2n) is 2.14. The van der Waals surface area contributed by atoms with Gasteiger partial charge in [0.15, 0.2) is 9.76 Å². The average molecular weight is 195 g/mol. The Balaban J connectivity index is 2.89. The zero-order valence-corrected chi connectivity index (χ0v) is 9.49. The van der Waals surface area contributed by atoms with Crippen LogP contribution in [0.3, 0.4) is 0 Å². The third-order valence-corrected chi connectivity index (χ3v) is 3.16. The Hall–Kier alpha value is 0.447. The summed E-state index contributed by atoms with van der Waals surface area (Å²) in [5.74, 6) is 0.672. The molecular weight excluding hydrogens is 178 g/mol. The fourth-order valence-electron chi connectivity index (χ4n) is 0.576. The van der Waals surface area contributed by atoms with Crippen molar-refractivity contribution in [2.75, 3.05) is 18.9 Å². The number of nitrogens with one attached hydrogen (secondary N) is 1. The van der Waals surface area contributed by atoms with Crippen molar-refractivity contribution in [2.45, 2.75) is 19.9 Å². The Labute approximate surface area is 74.2 Å². The molecule has 0 aliphatic rings. The van der Waals surface area contributed by atoms with Gasteiger partial charge in [0.05, 0.1) is 6.54 Å². The molecule has 0 radical (unpaired) electrons. The topological polar surface area (TPSA) is 44.3 Å². The van der Waals surface area contributed by atoms with E-state index in [-0.39, 0.29) is 9.76 Å². The molecule has 0 saturated heterocycles. The van der Waals surface area contributed by atoms with E-state index in [4.69, 9.17) is 4.43 Å². The lowest BCUT2D eigenvalue weighted by molar-refractivity contribution is 0.341. The fourth-order valence-corrected chi connectivity index (χ4v) is 1.73. The summed E-state index contributed by atoms with van der Waals surface area (Å²) in [6.45, 7) is 5.45. The van der Waals surface area contributed by atoms with Gasteiger partial charge in [-0.05, 0) is 13.0 Å². The van der Waals surface area contributed by atoms with Crippen LogP contribution in [0.1, 0.15) is 13.8 Å². The molecular formula is C6H17NO2SSi. The van der Waals surface area contributed by atoms with Gasteiger partial charge in [-0.25, -0.2) is 0 Å². The van der Waals surface area contributed by atoms with Gasteiger partial charge in [0.25, 0.3) is 0 Å². The maximum atomic E-state index is 10.8. The molecule has 0 aliphatic heterocycles. The summed E-state index contributed by atoms with van der Waals surface area (Å²) in [6.07, 6.45) is 0. The van der Waals surface area contributed by atoms with E-state index in [9.17, 15) is 4.55 Å². The van der Waals surface area contributed by atoms with Crippen molar-refractivity contribution in [1.82, 2.24) is 4.72 Å². The lowest BCUT2D eigenvalue weighted by Crippen LogP contribution is -2.29. The van der Waals surface area contributed by atoms with E-state index < -0.39 is 11.4 Å². The summed E-state index contributed by atoms with van der Waals surface area (Å²) in [6, 6.07) is 1.18. The van der Waals surface area contributed by atoms with Gasteiger partial charge in [0.1, 0.15) is 5.75 Å². The Morgan fingerprint density at radius 2 is 2.27 bits per heavy atom. The monoisotopic (exact) mass is 195 g/mol. The first-order valence-corrected chi connectivity index (χ1v) is 6.90. The predicted octanol–water partition coefficient (Wildman–Crippen LogP) is -0.202. The quantitative estimate of drug-likeness (QED) is 0.347. The van der Waals surface area contributed by atoms with E-state index in [0.29, 0.717) is 18.9 Å². The fraction of sp³-hybridized carbons (Fsp3) is 1.00. The Kier molecular flexibility index (Phi) is 8.89. The molecule has 3 nitrogen and oxygen atoms in total. The van der Waals surface area contributed by atoms with E-state index in [1.807, 2.05) is 6.92 Å². The summed E-state index contributed by atoms with van der Waals surface area (Å²) in [7, 11) is -0.268. The summed E-state index contributed by atoms with van der Waals surface area (Å²) in [5, 5.41) is 0. The third kappa shape index (κ3) is 8.35. The minimum absolute atomic E-state index is 0.268. The number of rotatable bonds is 7. The number of hydrogen-bond donors (Lipinski definition) is 1. The highest BCUT2D eigenvalue weighted by molar-refractivity contribution is 7.89. The van der Waals surface area contributed by atoms with E-state index >= 15 is 0 Å². The molecule has 0 spiro atoms. The van der Waals surface area contributed by atoms with Gasteiger partial charge < -0.3 is 8.98 Å². The molecule has 0 aromatic carbocycles. The molecule has 0 rings (SSSR count). The van der Waals surface area contributed by atoms with Gasteiger partial charge in [-0.15, -0.1) is 4.72 Å². The van der Waals surface area contributed by atoms with E-state index in [0.717, 1.165) is 0 Å². The zero-order valence-electron chi connectivity index (χ0n) is 7.26. The van der Waals surface area contributed by atoms with Gasteiger partial charge >= 0.3 is 0 Å². The van der Waals surface area contributed by atoms with Crippen molar-refractivity contribution >= 4 is 21.1 Å². The summed E-state index contributed by atoms with van der Waals surface area (Å²) >= 11 is -0.847. The molecule has 0 aliphatic carbocycles. The van der Waals surface area contributed by atoms with Crippen molar-refractivity contribution < 1.29 is 8.98 Å². The molecule has 0 fully saturated rings. The van der Waals surface area contributed by atoms with Crippen LogP contribution in [0.4, 0.5) is 0 Å². The van der Waals surface area contributed by atoms with Gasteiger partial charge in [-0.3, -0.25) is 0 Å². The predicted molar refractivity (Wildman–Crippen MR) is 51.7 cm³/mol. The van der Waals surface area contributed by atoms with Crippen LogP contribution >= 0.6 is 0 Å². The van der Waals surface area contributed by atoms with Crippen LogP contribution < -0.4 is 4.72 Å². The molecule has 1 unspecified atom stereocenters. The molecule has 0 saturated carbocycles. The van der Waals surface area contributed by atoms with E-state index in [2.05, 4.69) is 11.6 Å². The second-order valence-corrected chi connectivity index (χ2v) is 5.51. The molecule has 0 aromatic heterocycles. The maximum absolute atomic E-state index is 10.8. The van der Waals surface area contributed by atoms with Crippen LogP contribution in [-0.2, 0) is 15.8 Å². The highest BCUT2D eigenvalue weighted by Gasteiger charge is 1.98. The maximum Gasteiger partial charge on any atom is 0.161 e. The van der Waals surface area contributed by atoms with Crippen molar-refractivity contribution in [3.05, 3.63) is 0 Å². The molecule has 0 bridgehead atoms. The molecule has 1 atom stereocenters. The second kappa shape index (κ2) is 8.54. The third-order valence-electron chi connectivity index (χ3n) is 1.12. The highest BCUT2D eigenvalue weighted by Crippen LogP contribution is 1.82. The highest BCUT2D eigenvalue weighted by atomic mass is 32.2. The summed E-state index contributed by atoms with van der Waals surface area (Å²) in [4.78, 5) is 0. The summed E-state index contributed by atoms with van der Waals surface area (Å²) < 4.78 is 19.0. The van der Waals surface area contributed by atoms with Gasteiger partial charge in [0, 0.05) is 18.0 Å². The molecule has 0 aromatic rings. The van der Waals surface area contributed by atoms with Crippen LogP contribution in [0.5, 0.6) is 0 Å². The molecule has 0 heterocycles. The molecule has 0 amide bonds. The van der Waals surface area contributed by atoms with Crippen LogP contribution in [-0.4, -0.2) is 33.2 Å². The standard InChI is InChI=1S/C6H17NO2SSi/c1-3-10(8)7-5-6-9-11-4-2/h7H,3-6,11H2,1-2H3. The molecule has 68 valence electrons. The first-order chi connectivity index (χ1) is 5.31. The Morgan fingerprint density at radius 1 is 1.55 bits per heavy atom. The van der Waals surface area contributed by atoms with Crippen molar-refractivity contribution in [2.24, 2.45) is 0 Å². The van der Waals surface area contributed by atoms with Crippen LogP contribution in [0.25, 0.3) is 0 Å². The largest absolute Gasteiger partial charge is 0.598 e. The molecule has 5 heteroatoms. The smallest absolute Gasteiger partial charge is 0.161 e. The molecule has 11 heavy (non-hydrogen) atoms. The zero-order chi connectivity index (χ0) is 8.53.